The molecule has 0 saturated carbocycles. The van der Waals surface area contributed by atoms with Crippen LogP contribution in [0.2, 0.25) is 0 Å². The van der Waals surface area contributed by atoms with Crippen molar-refractivity contribution in [1.29, 1.82) is 0 Å². The Labute approximate surface area is 169 Å². The van der Waals surface area contributed by atoms with Gasteiger partial charge in [-0.1, -0.05) is 48.0 Å². The summed E-state index contributed by atoms with van der Waals surface area (Å²) in [4.78, 5) is 28.7. The van der Waals surface area contributed by atoms with Crippen LogP contribution < -0.4 is 16.8 Å². The minimum Gasteiger partial charge on any atom is -0.382 e. The lowest BCUT2D eigenvalue weighted by Crippen LogP contribution is -2.20. The molecule has 3 aromatic rings. The molecule has 1 unspecified atom stereocenters. The molecule has 0 aliphatic heterocycles. The van der Waals surface area contributed by atoms with Gasteiger partial charge < -0.3 is 16.8 Å². The standard InChI is InChI=1S/C23H22N4O2/c1-15-4-6-16(7-5-15)8-13-20(28)21(24)17-9-11-18(12-10-17)23(29)27-19-3-2-14-26-22(19)25/h2-14,21H,24H2,1H3,(H2,25,26)(H,27,29)/b13-8+. The Morgan fingerprint density at radius 1 is 1.03 bits per heavy atom. The molecule has 1 aromatic heterocycles. The van der Waals surface area contributed by atoms with Crippen LogP contribution in [0.3, 0.4) is 0 Å². The van der Waals surface area contributed by atoms with E-state index in [-0.39, 0.29) is 17.5 Å². The molecule has 1 atom stereocenters. The van der Waals surface area contributed by atoms with Crippen molar-refractivity contribution in [3.8, 4) is 0 Å². The zero-order valence-corrected chi connectivity index (χ0v) is 16.0. The van der Waals surface area contributed by atoms with Crippen molar-refractivity contribution in [2.75, 3.05) is 11.1 Å². The molecular weight excluding hydrogens is 364 g/mol. The number of carbonyl (C=O) groups excluding carboxylic acids is 2. The number of nitrogens with one attached hydrogen (secondary N) is 1. The minimum absolute atomic E-state index is 0.217. The smallest absolute Gasteiger partial charge is 0.255 e. The number of nitrogen functional groups attached to an aromatic ring is 1. The summed E-state index contributed by atoms with van der Waals surface area (Å²) in [6.07, 6.45) is 4.76. The quantitative estimate of drug-likeness (QED) is 0.562. The van der Waals surface area contributed by atoms with Crippen molar-refractivity contribution < 1.29 is 9.59 Å². The number of ketones is 1. The molecule has 6 nitrogen and oxygen atoms in total. The number of benzene rings is 2. The summed E-state index contributed by atoms with van der Waals surface area (Å²) < 4.78 is 0. The van der Waals surface area contributed by atoms with E-state index < -0.39 is 6.04 Å². The van der Waals surface area contributed by atoms with Gasteiger partial charge in [0.1, 0.15) is 5.82 Å². The monoisotopic (exact) mass is 386 g/mol. The largest absolute Gasteiger partial charge is 0.382 e. The summed E-state index contributed by atoms with van der Waals surface area (Å²) in [6, 6.07) is 17.0. The van der Waals surface area contributed by atoms with Crippen LogP contribution in [0.4, 0.5) is 11.5 Å². The van der Waals surface area contributed by atoms with Crippen LogP contribution in [-0.2, 0) is 4.79 Å². The highest BCUT2D eigenvalue weighted by molar-refractivity contribution is 6.05. The number of rotatable bonds is 6. The Balaban J connectivity index is 1.65. The zero-order chi connectivity index (χ0) is 20.8. The summed E-state index contributed by atoms with van der Waals surface area (Å²) in [6.45, 7) is 2.00. The van der Waals surface area contributed by atoms with Crippen molar-refractivity contribution >= 4 is 29.3 Å². The lowest BCUT2D eigenvalue weighted by molar-refractivity contribution is -0.115. The van der Waals surface area contributed by atoms with Gasteiger partial charge in [-0.3, -0.25) is 9.59 Å². The maximum Gasteiger partial charge on any atom is 0.255 e. The number of hydrogen-bond acceptors (Lipinski definition) is 5. The van der Waals surface area contributed by atoms with E-state index in [2.05, 4.69) is 10.3 Å². The van der Waals surface area contributed by atoms with Crippen LogP contribution >= 0.6 is 0 Å². The fraction of sp³-hybridized carbons (Fsp3) is 0.0870. The van der Waals surface area contributed by atoms with Crippen LogP contribution in [0.15, 0.2) is 72.9 Å². The van der Waals surface area contributed by atoms with Crippen LogP contribution in [-0.4, -0.2) is 16.7 Å². The van der Waals surface area contributed by atoms with Crippen LogP contribution in [0.5, 0.6) is 0 Å². The maximum atomic E-state index is 12.4. The molecule has 3 rings (SSSR count). The maximum absolute atomic E-state index is 12.4. The molecule has 0 bridgehead atoms. The Morgan fingerprint density at radius 2 is 1.72 bits per heavy atom. The number of pyridine rings is 1. The number of anilines is 2. The number of aromatic nitrogens is 1. The molecule has 5 N–H and O–H groups in total. The average Bonchev–Trinajstić information content (AvgIpc) is 2.74. The van der Waals surface area contributed by atoms with E-state index in [1.807, 2.05) is 31.2 Å². The second kappa shape index (κ2) is 8.95. The van der Waals surface area contributed by atoms with Gasteiger partial charge in [-0.05, 0) is 48.4 Å². The number of amides is 1. The third kappa shape index (κ3) is 5.15. The molecule has 0 radical (unpaired) electrons. The molecular formula is C23H22N4O2. The van der Waals surface area contributed by atoms with Crippen molar-refractivity contribution in [1.82, 2.24) is 4.98 Å². The van der Waals surface area contributed by atoms with E-state index in [0.29, 0.717) is 16.8 Å². The first kappa shape index (κ1) is 20.0. The van der Waals surface area contributed by atoms with Crippen molar-refractivity contribution in [2.45, 2.75) is 13.0 Å². The van der Waals surface area contributed by atoms with Gasteiger partial charge in [0.15, 0.2) is 5.78 Å². The third-order valence-electron chi connectivity index (χ3n) is 4.44. The van der Waals surface area contributed by atoms with Gasteiger partial charge in [-0.25, -0.2) is 4.98 Å². The van der Waals surface area contributed by atoms with E-state index in [4.69, 9.17) is 11.5 Å². The van der Waals surface area contributed by atoms with Gasteiger partial charge in [-0.2, -0.15) is 0 Å². The summed E-state index contributed by atoms with van der Waals surface area (Å²) in [5, 5.41) is 2.70. The fourth-order valence-electron chi connectivity index (χ4n) is 2.68. The van der Waals surface area contributed by atoms with Gasteiger partial charge in [0.05, 0.1) is 11.7 Å². The normalized spacial score (nSPS) is 11.9. The third-order valence-corrected chi connectivity index (χ3v) is 4.44. The number of carbonyl (C=O) groups is 2. The predicted molar refractivity (Wildman–Crippen MR) is 115 cm³/mol. The highest BCUT2D eigenvalue weighted by Gasteiger charge is 2.14. The molecule has 0 fully saturated rings. The molecule has 6 heteroatoms. The predicted octanol–water partition coefficient (Wildman–Crippen LogP) is 3.51. The molecule has 2 aromatic carbocycles. The van der Waals surface area contributed by atoms with E-state index in [1.165, 1.54) is 6.08 Å². The summed E-state index contributed by atoms with van der Waals surface area (Å²) in [5.74, 6) is -0.299. The molecule has 0 saturated heterocycles. The Morgan fingerprint density at radius 3 is 2.38 bits per heavy atom. The molecule has 1 amide bonds. The summed E-state index contributed by atoms with van der Waals surface area (Å²) in [7, 11) is 0. The molecule has 146 valence electrons. The Kier molecular flexibility index (Phi) is 6.16. The number of nitrogens with two attached hydrogens (primary N) is 2. The highest BCUT2D eigenvalue weighted by atomic mass is 16.1. The van der Waals surface area contributed by atoms with E-state index in [1.54, 1.807) is 48.7 Å². The van der Waals surface area contributed by atoms with Crippen molar-refractivity contribution in [3.63, 3.8) is 0 Å². The van der Waals surface area contributed by atoms with Crippen LogP contribution in [0.1, 0.15) is 33.1 Å². The minimum atomic E-state index is -0.803. The van der Waals surface area contributed by atoms with Crippen molar-refractivity contribution in [3.05, 3.63) is 95.2 Å². The van der Waals surface area contributed by atoms with Crippen LogP contribution in [0, 0.1) is 6.92 Å². The lowest BCUT2D eigenvalue weighted by Gasteiger charge is -2.10. The first-order chi connectivity index (χ1) is 13.9. The highest BCUT2D eigenvalue weighted by Crippen LogP contribution is 2.17. The van der Waals surface area contributed by atoms with Crippen LogP contribution in [0.25, 0.3) is 6.08 Å². The lowest BCUT2D eigenvalue weighted by atomic mass is 10.0. The summed E-state index contributed by atoms with van der Waals surface area (Å²) in [5.41, 5.74) is 15.4. The van der Waals surface area contributed by atoms with Crippen molar-refractivity contribution in [2.24, 2.45) is 5.73 Å². The molecule has 0 aliphatic carbocycles. The molecule has 29 heavy (non-hydrogen) atoms. The number of nitrogens with zero attached hydrogens (tertiary/aromatic N) is 1. The second-order valence-electron chi connectivity index (χ2n) is 6.64. The van der Waals surface area contributed by atoms with Gasteiger partial charge in [0, 0.05) is 11.8 Å². The topological polar surface area (TPSA) is 111 Å². The van der Waals surface area contributed by atoms with Gasteiger partial charge in [0.2, 0.25) is 0 Å². The Bertz CT molecular complexity index is 1040. The molecule has 1 heterocycles. The molecule has 0 aliphatic rings. The Hall–Kier alpha value is -3.77. The second-order valence-corrected chi connectivity index (χ2v) is 6.64. The number of hydrogen-bond donors (Lipinski definition) is 3. The van der Waals surface area contributed by atoms with E-state index >= 15 is 0 Å². The SMILES string of the molecule is Cc1ccc(/C=C/C(=O)C(N)c2ccc(C(=O)Nc3cccnc3N)cc2)cc1. The van der Waals surface area contributed by atoms with Gasteiger partial charge >= 0.3 is 0 Å². The molecule has 0 spiro atoms. The average molecular weight is 386 g/mol. The fourth-order valence-corrected chi connectivity index (χ4v) is 2.68. The number of aryl methyl sites for hydroxylation is 1. The summed E-state index contributed by atoms with van der Waals surface area (Å²) >= 11 is 0. The van der Waals surface area contributed by atoms with E-state index in [0.717, 1.165) is 11.1 Å². The first-order valence-electron chi connectivity index (χ1n) is 9.10. The van der Waals surface area contributed by atoms with Gasteiger partial charge in [0.25, 0.3) is 5.91 Å². The first-order valence-corrected chi connectivity index (χ1v) is 9.10. The van der Waals surface area contributed by atoms with Gasteiger partial charge in [-0.15, -0.1) is 0 Å². The zero-order valence-electron chi connectivity index (χ0n) is 16.0. The van der Waals surface area contributed by atoms with E-state index in [9.17, 15) is 9.59 Å².